The number of carbonyl (C=O) groups excluding carboxylic acids is 1. The zero-order chi connectivity index (χ0) is 13.3. The maximum absolute atomic E-state index is 12.6. The molecule has 1 amide bonds. The molecule has 0 saturated carbocycles. The molecule has 2 fully saturated rings. The van der Waals surface area contributed by atoms with Gasteiger partial charge in [0.2, 0.25) is 5.91 Å². The molecule has 1 unspecified atom stereocenters. The van der Waals surface area contributed by atoms with Crippen molar-refractivity contribution < 1.29 is 4.79 Å². The van der Waals surface area contributed by atoms with Gasteiger partial charge < -0.3 is 10.2 Å². The first-order chi connectivity index (χ1) is 8.42. The quantitative estimate of drug-likeness (QED) is 0.795. The normalized spacial score (nSPS) is 29.9. The van der Waals surface area contributed by atoms with Gasteiger partial charge in [0.05, 0.1) is 5.41 Å². The minimum absolute atomic E-state index is 0.262. The summed E-state index contributed by atoms with van der Waals surface area (Å²) in [7, 11) is 0. The van der Waals surface area contributed by atoms with Gasteiger partial charge in [0.25, 0.3) is 0 Å². The Morgan fingerprint density at radius 2 is 2.06 bits per heavy atom. The fourth-order valence-corrected chi connectivity index (χ4v) is 3.01. The van der Waals surface area contributed by atoms with Crippen molar-refractivity contribution in [2.45, 2.75) is 46.2 Å². The third kappa shape index (κ3) is 2.69. The molecule has 1 atom stereocenters. The van der Waals surface area contributed by atoms with E-state index in [2.05, 4.69) is 42.8 Å². The van der Waals surface area contributed by atoms with Crippen LogP contribution in [-0.2, 0) is 4.79 Å². The number of carbonyl (C=O) groups is 1. The van der Waals surface area contributed by atoms with Gasteiger partial charge in [-0.05, 0) is 34.1 Å². The highest BCUT2D eigenvalue weighted by atomic mass is 16.2. The lowest BCUT2D eigenvalue weighted by molar-refractivity contribution is -0.141. The molecule has 0 bridgehead atoms. The molecule has 18 heavy (non-hydrogen) atoms. The van der Waals surface area contributed by atoms with Crippen molar-refractivity contribution in [3.05, 3.63) is 0 Å². The summed E-state index contributed by atoms with van der Waals surface area (Å²) in [5, 5.41) is 3.38. The van der Waals surface area contributed by atoms with Crippen molar-refractivity contribution in [2.75, 3.05) is 32.7 Å². The topological polar surface area (TPSA) is 35.6 Å². The summed E-state index contributed by atoms with van der Waals surface area (Å²) in [6.07, 6.45) is 1.12. The molecule has 1 N–H and O–H groups in total. The first-order valence-corrected chi connectivity index (χ1v) is 7.17. The minimum Gasteiger partial charge on any atom is -0.337 e. The minimum atomic E-state index is -0.262. The number of hydrogen-bond acceptors (Lipinski definition) is 3. The molecule has 2 saturated heterocycles. The number of likely N-dealkylation sites (tertiary alicyclic amines) is 1. The fourth-order valence-electron chi connectivity index (χ4n) is 3.01. The molecule has 4 nitrogen and oxygen atoms in total. The Hall–Kier alpha value is -0.610. The molecule has 0 aromatic carbocycles. The number of nitrogens with zero attached hydrogens (tertiary/aromatic N) is 2. The summed E-state index contributed by atoms with van der Waals surface area (Å²) in [4.78, 5) is 17.2. The van der Waals surface area contributed by atoms with E-state index in [-0.39, 0.29) is 5.41 Å². The molecule has 0 radical (unpaired) electrons. The van der Waals surface area contributed by atoms with E-state index in [4.69, 9.17) is 0 Å². The van der Waals surface area contributed by atoms with Gasteiger partial charge in [-0.15, -0.1) is 0 Å². The standard InChI is InChI=1S/C14H27N3O/c1-11(2)16-7-5-12(9-16)17-8-6-15-10-14(3,4)13(17)18/h11-12,15H,5-10H2,1-4H3. The monoisotopic (exact) mass is 253 g/mol. The highest BCUT2D eigenvalue weighted by Gasteiger charge is 2.39. The van der Waals surface area contributed by atoms with E-state index < -0.39 is 0 Å². The number of hydrogen-bond donors (Lipinski definition) is 1. The first kappa shape index (κ1) is 13.8. The lowest BCUT2D eigenvalue weighted by Gasteiger charge is -2.33. The Kier molecular flexibility index (Phi) is 3.97. The largest absolute Gasteiger partial charge is 0.337 e. The highest BCUT2D eigenvalue weighted by molar-refractivity contribution is 5.83. The van der Waals surface area contributed by atoms with Gasteiger partial charge in [-0.1, -0.05) is 0 Å². The van der Waals surface area contributed by atoms with Gasteiger partial charge in [0.15, 0.2) is 0 Å². The van der Waals surface area contributed by atoms with Crippen molar-refractivity contribution >= 4 is 5.91 Å². The average Bonchev–Trinajstić information content (AvgIpc) is 2.73. The molecule has 2 aliphatic heterocycles. The summed E-state index contributed by atoms with van der Waals surface area (Å²) in [6.45, 7) is 13.3. The van der Waals surface area contributed by atoms with Crippen LogP contribution in [0.1, 0.15) is 34.1 Å². The second-order valence-electron chi connectivity index (χ2n) is 6.59. The van der Waals surface area contributed by atoms with Crippen LogP contribution in [0.15, 0.2) is 0 Å². The Morgan fingerprint density at radius 3 is 2.67 bits per heavy atom. The maximum Gasteiger partial charge on any atom is 0.229 e. The summed E-state index contributed by atoms with van der Waals surface area (Å²) < 4.78 is 0. The lowest BCUT2D eigenvalue weighted by atomic mass is 9.91. The van der Waals surface area contributed by atoms with E-state index in [9.17, 15) is 4.79 Å². The van der Waals surface area contributed by atoms with Crippen LogP contribution < -0.4 is 5.32 Å². The van der Waals surface area contributed by atoms with Crippen LogP contribution >= 0.6 is 0 Å². The van der Waals surface area contributed by atoms with Gasteiger partial charge in [-0.2, -0.15) is 0 Å². The van der Waals surface area contributed by atoms with Crippen LogP contribution in [0.25, 0.3) is 0 Å². The van der Waals surface area contributed by atoms with Crippen LogP contribution in [0.5, 0.6) is 0 Å². The van der Waals surface area contributed by atoms with E-state index in [0.717, 1.165) is 39.1 Å². The predicted molar refractivity (Wildman–Crippen MR) is 73.5 cm³/mol. The molecule has 0 aliphatic carbocycles. The first-order valence-electron chi connectivity index (χ1n) is 7.17. The Labute approximate surface area is 111 Å². The van der Waals surface area contributed by atoms with Gasteiger partial charge >= 0.3 is 0 Å². The SMILES string of the molecule is CC(C)N1CCC(N2CCNCC(C)(C)C2=O)C1. The van der Waals surface area contributed by atoms with Crippen molar-refractivity contribution in [1.29, 1.82) is 0 Å². The highest BCUT2D eigenvalue weighted by Crippen LogP contribution is 2.25. The molecule has 2 rings (SSSR count). The van der Waals surface area contributed by atoms with Crippen LogP contribution in [-0.4, -0.2) is 60.5 Å². The molecular formula is C14H27N3O. The second kappa shape index (κ2) is 5.17. The molecule has 2 heterocycles. The number of nitrogens with one attached hydrogen (secondary N) is 1. The van der Waals surface area contributed by atoms with Crippen LogP contribution in [0.2, 0.25) is 0 Å². The Balaban J connectivity index is 2.06. The molecule has 4 heteroatoms. The lowest BCUT2D eigenvalue weighted by Crippen LogP contribution is -2.48. The van der Waals surface area contributed by atoms with Crippen LogP contribution in [0.4, 0.5) is 0 Å². The summed E-state index contributed by atoms with van der Waals surface area (Å²) >= 11 is 0. The molecular weight excluding hydrogens is 226 g/mol. The molecule has 104 valence electrons. The van der Waals surface area contributed by atoms with Gasteiger partial charge in [0, 0.05) is 44.8 Å². The van der Waals surface area contributed by atoms with Crippen LogP contribution in [0.3, 0.4) is 0 Å². The van der Waals surface area contributed by atoms with Crippen molar-refractivity contribution in [3.63, 3.8) is 0 Å². The fraction of sp³-hybridized carbons (Fsp3) is 0.929. The maximum atomic E-state index is 12.6. The summed E-state index contributed by atoms with van der Waals surface area (Å²) in [5.74, 6) is 0.322. The molecule has 2 aliphatic rings. The third-order valence-corrected chi connectivity index (χ3v) is 4.30. The van der Waals surface area contributed by atoms with E-state index in [1.165, 1.54) is 0 Å². The number of rotatable bonds is 2. The van der Waals surface area contributed by atoms with E-state index in [0.29, 0.717) is 18.0 Å². The van der Waals surface area contributed by atoms with Crippen molar-refractivity contribution in [3.8, 4) is 0 Å². The van der Waals surface area contributed by atoms with E-state index in [1.54, 1.807) is 0 Å². The zero-order valence-electron chi connectivity index (χ0n) is 12.2. The second-order valence-corrected chi connectivity index (χ2v) is 6.59. The predicted octanol–water partition coefficient (Wildman–Crippen LogP) is 0.927. The molecule has 0 spiro atoms. The average molecular weight is 253 g/mol. The third-order valence-electron chi connectivity index (χ3n) is 4.30. The van der Waals surface area contributed by atoms with Gasteiger partial charge in [-0.3, -0.25) is 9.69 Å². The number of amides is 1. The summed E-state index contributed by atoms with van der Waals surface area (Å²) in [5.41, 5.74) is -0.262. The van der Waals surface area contributed by atoms with Crippen LogP contribution in [0, 0.1) is 5.41 Å². The van der Waals surface area contributed by atoms with Gasteiger partial charge in [-0.25, -0.2) is 0 Å². The van der Waals surface area contributed by atoms with Crippen molar-refractivity contribution in [1.82, 2.24) is 15.1 Å². The van der Waals surface area contributed by atoms with Gasteiger partial charge in [0.1, 0.15) is 0 Å². The Morgan fingerprint density at radius 1 is 1.33 bits per heavy atom. The van der Waals surface area contributed by atoms with E-state index >= 15 is 0 Å². The smallest absolute Gasteiger partial charge is 0.229 e. The zero-order valence-corrected chi connectivity index (χ0v) is 12.2. The van der Waals surface area contributed by atoms with Crippen molar-refractivity contribution in [2.24, 2.45) is 5.41 Å². The molecule has 0 aromatic rings. The van der Waals surface area contributed by atoms with E-state index in [1.807, 2.05) is 0 Å². The summed E-state index contributed by atoms with van der Waals surface area (Å²) in [6, 6.07) is 1.00. The Bertz CT molecular complexity index is 314. The molecule has 0 aromatic heterocycles.